The Morgan fingerprint density at radius 3 is 2.65 bits per heavy atom. The fourth-order valence-corrected chi connectivity index (χ4v) is 3.71. The molecule has 1 aromatic heterocycles. The Morgan fingerprint density at radius 1 is 1.13 bits per heavy atom. The van der Waals surface area contributed by atoms with Crippen LogP contribution in [0.25, 0.3) is 0 Å². The number of nitrogens with zero attached hydrogens (tertiary/aromatic N) is 3. The summed E-state index contributed by atoms with van der Waals surface area (Å²) in [4.78, 5) is 24.8. The monoisotopic (exact) mass is 439 g/mol. The second-order valence-corrected chi connectivity index (χ2v) is 7.94. The normalized spacial score (nSPS) is 10.6. The van der Waals surface area contributed by atoms with Gasteiger partial charge in [0.25, 0.3) is 5.91 Å². The Bertz CT molecular complexity index is 1100. The summed E-state index contributed by atoms with van der Waals surface area (Å²) in [6, 6.07) is 12.9. The predicted octanol–water partition coefficient (Wildman–Crippen LogP) is 3.10. The molecule has 0 aliphatic carbocycles. The quantitative estimate of drug-likeness (QED) is 0.524. The molecule has 0 fully saturated rings. The Balaban J connectivity index is 1.55. The molecule has 3 rings (SSSR count). The van der Waals surface area contributed by atoms with Crippen molar-refractivity contribution in [2.24, 2.45) is 7.05 Å². The van der Waals surface area contributed by atoms with Crippen LogP contribution < -0.4 is 15.4 Å². The van der Waals surface area contributed by atoms with Gasteiger partial charge in [-0.25, -0.2) is 0 Å². The molecule has 9 heteroatoms. The maximum atomic E-state index is 12.4. The van der Waals surface area contributed by atoms with Crippen LogP contribution in [0.1, 0.15) is 27.3 Å². The second-order valence-electron chi connectivity index (χ2n) is 7.00. The lowest BCUT2D eigenvalue weighted by molar-refractivity contribution is -0.113. The number of nitrogens with one attached hydrogen (secondary N) is 2. The number of amides is 2. The minimum absolute atomic E-state index is 0.119. The van der Waals surface area contributed by atoms with E-state index in [0.717, 1.165) is 16.8 Å². The van der Waals surface area contributed by atoms with Crippen molar-refractivity contribution >= 4 is 29.3 Å². The van der Waals surface area contributed by atoms with E-state index in [2.05, 4.69) is 20.8 Å². The minimum atomic E-state index is -0.262. The van der Waals surface area contributed by atoms with E-state index in [1.54, 1.807) is 35.9 Å². The highest BCUT2D eigenvalue weighted by molar-refractivity contribution is 7.99. The van der Waals surface area contributed by atoms with Crippen LogP contribution in [0.2, 0.25) is 0 Å². The summed E-state index contributed by atoms with van der Waals surface area (Å²) in [5.41, 5.74) is 3.41. The number of ether oxygens (including phenoxy) is 1. The number of thioether (sulfide) groups is 1. The minimum Gasteiger partial charge on any atom is -0.496 e. The molecule has 0 atom stereocenters. The number of hydrogen-bond acceptors (Lipinski definition) is 6. The first-order valence-electron chi connectivity index (χ1n) is 9.68. The standard InChI is InChI=1S/C22H25N5O3S/c1-14-9-10-17(15(2)11-14)24-20(28)13-31-22-26-25-19(27(22)3)12-23-21(29)16-7-5-6-8-18(16)30-4/h5-11H,12-13H2,1-4H3,(H,23,29)(H,24,28). The van der Waals surface area contributed by atoms with Crippen molar-refractivity contribution < 1.29 is 14.3 Å². The lowest BCUT2D eigenvalue weighted by Gasteiger charge is -2.10. The van der Waals surface area contributed by atoms with Crippen LogP contribution >= 0.6 is 11.8 Å². The van der Waals surface area contributed by atoms with Crippen LogP contribution in [-0.4, -0.2) is 39.4 Å². The molecule has 0 aliphatic heterocycles. The summed E-state index contributed by atoms with van der Waals surface area (Å²) < 4.78 is 6.98. The molecule has 162 valence electrons. The van der Waals surface area contributed by atoms with Crippen LogP contribution in [0.15, 0.2) is 47.6 Å². The summed E-state index contributed by atoms with van der Waals surface area (Å²) in [6.45, 7) is 4.18. The second kappa shape index (κ2) is 10.1. The maximum Gasteiger partial charge on any atom is 0.255 e. The molecule has 0 radical (unpaired) electrons. The van der Waals surface area contributed by atoms with Crippen molar-refractivity contribution in [3.63, 3.8) is 0 Å². The number of carbonyl (C=O) groups excluding carboxylic acids is 2. The van der Waals surface area contributed by atoms with Gasteiger partial charge in [0.1, 0.15) is 5.75 Å². The Hall–Kier alpha value is -3.33. The van der Waals surface area contributed by atoms with Crippen molar-refractivity contribution in [1.29, 1.82) is 0 Å². The number of hydrogen-bond donors (Lipinski definition) is 2. The first-order chi connectivity index (χ1) is 14.9. The van der Waals surface area contributed by atoms with Crippen LogP contribution in [0, 0.1) is 13.8 Å². The molecule has 8 nitrogen and oxygen atoms in total. The van der Waals surface area contributed by atoms with Crippen molar-refractivity contribution in [2.75, 3.05) is 18.2 Å². The fourth-order valence-electron chi connectivity index (χ4n) is 2.98. The molecule has 2 amide bonds. The van der Waals surface area contributed by atoms with E-state index < -0.39 is 0 Å². The van der Waals surface area contributed by atoms with Crippen LogP contribution in [0.3, 0.4) is 0 Å². The smallest absolute Gasteiger partial charge is 0.255 e. The molecule has 2 aromatic carbocycles. The first-order valence-corrected chi connectivity index (χ1v) is 10.7. The molecule has 3 aromatic rings. The van der Waals surface area contributed by atoms with Crippen LogP contribution in [-0.2, 0) is 18.4 Å². The third-order valence-electron chi connectivity index (χ3n) is 4.67. The average Bonchev–Trinajstić information content (AvgIpc) is 3.11. The highest BCUT2D eigenvalue weighted by Gasteiger charge is 2.15. The van der Waals surface area contributed by atoms with Crippen molar-refractivity contribution in [3.8, 4) is 5.75 Å². The number of benzene rings is 2. The summed E-state index contributed by atoms with van der Waals surface area (Å²) in [5, 5.41) is 14.6. The maximum absolute atomic E-state index is 12.4. The van der Waals surface area contributed by atoms with Gasteiger partial charge in [-0.05, 0) is 37.6 Å². The van der Waals surface area contributed by atoms with Crippen LogP contribution in [0.5, 0.6) is 5.75 Å². The van der Waals surface area contributed by atoms with Gasteiger partial charge in [0.2, 0.25) is 5.91 Å². The van der Waals surface area contributed by atoms with E-state index in [-0.39, 0.29) is 24.1 Å². The summed E-state index contributed by atoms with van der Waals surface area (Å²) >= 11 is 1.29. The third-order valence-corrected chi connectivity index (χ3v) is 5.69. The summed E-state index contributed by atoms with van der Waals surface area (Å²) in [7, 11) is 3.32. The molecule has 0 bridgehead atoms. The molecule has 31 heavy (non-hydrogen) atoms. The van der Waals surface area contributed by atoms with Crippen LogP contribution in [0.4, 0.5) is 5.69 Å². The van der Waals surface area contributed by atoms with Gasteiger partial charge >= 0.3 is 0 Å². The number of aryl methyl sites for hydroxylation is 2. The van der Waals surface area contributed by atoms with E-state index in [0.29, 0.717) is 22.3 Å². The largest absolute Gasteiger partial charge is 0.496 e. The average molecular weight is 440 g/mol. The van der Waals surface area contributed by atoms with Gasteiger partial charge in [-0.15, -0.1) is 10.2 Å². The zero-order chi connectivity index (χ0) is 22.4. The van der Waals surface area contributed by atoms with E-state index in [4.69, 9.17) is 4.74 Å². The van der Waals surface area contributed by atoms with E-state index in [1.165, 1.54) is 18.9 Å². The van der Waals surface area contributed by atoms with Gasteiger partial charge in [-0.3, -0.25) is 9.59 Å². The lowest BCUT2D eigenvalue weighted by Crippen LogP contribution is -2.25. The number of anilines is 1. The Morgan fingerprint density at radius 2 is 1.90 bits per heavy atom. The van der Waals surface area contributed by atoms with Gasteiger partial charge in [0.15, 0.2) is 11.0 Å². The number of para-hydroxylation sites is 1. The molecule has 1 heterocycles. The number of rotatable bonds is 8. The SMILES string of the molecule is COc1ccccc1C(=O)NCc1nnc(SCC(=O)Nc2ccc(C)cc2C)n1C. The Labute approximate surface area is 185 Å². The third kappa shape index (κ3) is 5.64. The van der Waals surface area contributed by atoms with Crippen molar-refractivity contribution in [2.45, 2.75) is 25.5 Å². The van der Waals surface area contributed by atoms with Gasteiger partial charge < -0.3 is 19.9 Å². The highest BCUT2D eigenvalue weighted by atomic mass is 32.2. The molecular formula is C22H25N5O3S. The number of carbonyl (C=O) groups is 2. The number of aromatic nitrogens is 3. The predicted molar refractivity (Wildman–Crippen MR) is 120 cm³/mol. The van der Waals surface area contributed by atoms with E-state index >= 15 is 0 Å². The van der Waals surface area contributed by atoms with Crippen molar-refractivity contribution in [3.05, 3.63) is 65.0 Å². The zero-order valence-corrected chi connectivity index (χ0v) is 18.7. The zero-order valence-electron chi connectivity index (χ0n) is 17.9. The fraction of sp³-hybridized carbons (Fsp3) is 0.273. The van der Waals surface area contributed by atoms with Gasteiger partial charge in [-0.2, -0.15) is 0 Å². The molecule has 0 spiro atoms. The summed E-state index contributed by atoms with van der Waals surface area (Å²) in [6.07, 6.45) is 0. The molecular weight excluding hydrogens is 414 g/mol. The molecule has 0 saturated heterocycles. The van der Waals surface area contributed by atoms with E-state index in [1.807, 2.05) is 32.0 Å². The molecule has 0 unspecified atom stereocenters. The summed E-state index contributed by atoms with van der Waals surface area (Å²) in [5.74, 6) is 0.908. The Kier molecular flexibility index (Phi) is 7.30. The molecule has 0 aliphatic rings. The lowest BCUT2D eigenvalue weighted by atomic mass is 10.1. The number of methoxy groups -OCH3 is 1. The highest BCUT2D eigenvalue weighted by Crippen LogP contribution is 2.20. The molecule has 0 saturated carbocycles. The van der Waals surface area contributed by atoms with E-state index in [9.17, 15) is 9.59 Å². The van der Waals surface area contributed by atoms with Gasteiger partial charge in [0.05, 0.1) is 25.0 Å². The first kappa shape index (κ1) is 22.4. The van der Waals surface area contributed by atoms with Gasteiger partial charge in [0, 0.05) is 12.7 Å². The van der Waals surface area contributed by atoms with Gasteiger partial charge in [-0.1, -0.05) is 41.6 Å². The molecule has 2 N–H and O–H groups in total. The van der Waals surface area contributed by atoms with Crippen molar-refractivity contribution in [1.82, 2.24) is 20.1 Å². The topological polar surface area (TPSA) is 98.1 Å².